The van der Waals surface area contributed by atoms with E-state index >= 15 is 0 Å². The van der Waals surface area contributed by atoms with Crippen LogP contribution in [0.15, 0.2) is 65.6 Å². The molecule has 2 unspecified atom stereocenters. The Morgan fingerprint density at radius 2 is 1.80 bits per heavy atom. The molecule has 0 radical (unpaired) electrons. The highest BCUT2D eigenvalue weighted by Gasteiger charge is 2.29. The van der Waals surface area contributed by atoms with Gasteiger partial charge < -0.3 is 4.55 Å². The van der Waals surface area contributed by atoms with Crippen molar-refractivity contribution < 1.29 is 9.35 Å². The van der Waals surface area contributed by atoms with Gasteiger partial charge in [-0.25, -0.2) is 10.8 Å². The Labute approximate surface area is 119 Å². The summed E-state index contributed by atoms with van der Waals surface area (Å²) in [6.45, 7) is 0. The number of benzene rings is 2. The van der Waals surface area contributed by atoms with Crippen LogP contribution in [0, 0.1) is 5.92 Å². The third-order valence-corrected chi connectivity index (χ3v) is 5.35. The molecule has 20 heavy (non-hydrogen) atoms. The average Bonchev–Trinajstić information content (AvgIpc) is 2.51. The molecule has 0 aromatic heterocycles. The molecule has 2 aliphatic rings. The van der Waals surface area contributed by atoms with E-state index in [1.165, 1.54) is 0 Å². The monoisotopic (exact) mass is 279 g/mol. The van der Waals surface area contributed by atoms with E-state index in [0.29, 0.717) is 15.3 Å². The molecule has 0 saturated carbocycles. The van der Waals surface area contributed by atoms with Crippen LogP contribution >= 0.6 is 10.8 Å². The normalized spacial score (nSPS) is 23.9. The van der Waals surface area contributed by atoms with Crippen LogP contribution < -0.4 is 0 Å². The highest BCUT2D eigenvalue weighted by atomic mass is 32.2. The Bertz CT molecular complexity index is 843. The molecule has 0 spiro atoms. The predicted molar refractivity (Wildman–Crippen MR) is 81.7 cm³/mol. The van der Waals surface area contributed by atoms with Crippen LogP contribution in [0.2, 0.25) is 0 Å². The van der Waals surface area contributed by atoms with Crippen molar-refractivity contribution in [2.24, 2.45) is 5.92 Å². The molecule has 1 aliphatic carbocycles. The minimum atomic E-state index is -1.25. The van der Waals surface area contributed by atoms with E-state index in [-0.39, 0.29) is 11.7 Å². The van der Waals surface area contributed by atoms with E-state index in [2.05, 4.69) is 0 Å². The molecule has 0 amide bonds. The fourth-order valence-electron chi connectivity index (χ4n) is 2.78. The lowest BCUT2D eigenvalue weighted by atomic mass is 9.90. The summed E-state index contributed by atoms with van der Waals surface area (Å²) in [5.74, 6) is -0.324. The number of carbonyl (C=O) groups is 1. The van der Waals surface area contributed by atoms with E-state index in [9.17, 15) is 9.35 Å². The van der Waals surface area contributed by atoms with Crippen LogP contribution in [0.3, 0.4) is 0 Å². The molecule has 0 saturated heterocycles. The van der Waals surface area contributed by atoms with Gasteiger partial charge in [-0.05, 0) is 32.7 Å². The first-order valence-corrected chi connectivity index (χ1v) is 7.61. The molecule has 1 heterocycles. The van der Waals surface area contributed by atoms with Crippen LogP contribution in [0.25, 0.3) is 10.8 Å². The maximum absolute atomic E-state index is 12.7. The van der Waals surface area contributed by atoms with Crippen molar-refractivity contribution in [1.29, 1.82) is 0 Å². The molecule has 4 rings (SSSR count). The Kier molecular flexibility index (Phi) is 2.52. The first-order chi connectivity index (χ1) is 9.75. The number of hydrogen-bond acceptors (Lipinski definition) is 2. The second-order valence-corrected chi connectivity index (χ2v) is 6.40. The Balaban J connectivity index is 2.07. The first kappa shape index (κ1) is 11.8. The van der Waals surface area contributed by atoms with Gasteiger partial charge in [-0.2, -0.15) is 0 Å². The van der Waals surface area contributed by atoms with Gasteiger partial charge in [0.05, 0.1) is 5.92 Å². The number of allylic oxidation sites excluding steroid dienone is 4. The zero-order valence-corrected chi connectivity index (χ0v) is 11.4. The molecule has 2 nitrogen and oxygen atoms in total. The van der Waals surface area contributed by atoms with Crippen molar-refractivity contribution in [1.82, 2.24) is 0 Å². The maximum atomic E-state index is 12.7. The van der Waals surface area contributed by atoms with Crippen molar-refractivity contribution in [2.45, 2.75) is 4.90 Å². The number of hydrogen-bond donors (Lipinski definition) is 0. The van der Waals surface area contributed by atoms with Gasteiger partial charge in [0.2, 0.25) is 0 Å². The zero-order chi connectivity index (χ0) is 13.7. The summed E-state index contributed by atoms with van der Waals surface area (Å²) < 4.78 is 12.7. The molecular weight excluding hydrogens is 268 g/mol. The Morgan fingerprint density at radius 3 is 2.60 bits per heavy atom. The Hall–Kier alpha value is -1.97. The second-order valence-electron chi connectivity index (χ2n) is 4.95. The van der Waals surface area contributed by atoms with Gasteiger partial charge >= 0.3 is 0 Å². The SMILES string of the molecule is O=C1c2cc3ccccc3cc2S([O-])=C2C=CC=CC12. The molecular formula is C17H11O2S-. The lowest BCUT2D eigenvalue weighted by molar-refractivity contribution is 0.0969. The summed E-state index contributed by atoms with van der Waals surface area (Å²) >= 11 is 0. The smallest absolute Gasteiger partial charge is 0.175 e. The standard InChI is InChI=1S/C17H11O2S/c18-17-13-7-3-4-8-15(13)20(19)16-10-12-6-2-1-5-11(12)9-14(16)17/h1-10,13H/q-1. The van der Waals surface area contributed by atoms with Crippen molar-refractivity contribution in [3.05, 3.63) is 66.3 Å². The highest BCUT2D eigenvalue weighted by Crippen LogP contribution is 2.40. The molecule has 1 aliphatic heterocycles. The summed E-state index contributed by atoms with van der Waals surface area (Å²) in [6, 6.07) is 11.6. The van der Waals surface area contributed by atoms with Gasteiger partial charge in [-0.1, -0.05) is 48.6 Å². The molecule has 0 bridgehead atoms. The summed E-state index contributed by atoms with van der Waals surface area (Å²) in [5, 5.41) is 2.03. The molecule has 0 N–H and O–H groups in total. The van der Waals surface area contributed by atoms with Gasteiger partial charge in [-0.15, -0.1) is 0 Å². The fraction of sp³-hybridized carbons (Fsp3) is 0.0588. The van der Waals surface area contributed by atoms with Crippen LogP contribution in [0.4, 0.5) is 0 Å². The molecule has 0 fully saturated rings. The Morgan fingerprint density at radius 1 is 1.05 bits per heavy atom. The van der Waals surface area contributed by atoms with E-state index in [1.807, 2.05) is 54.6 Å². The largest absolute Gasteiger partial charge is 0.799 e. The second kappa shape index (κ2) is 4.27. The van der Waals surface area contributed by atoms with Gasteiger partial charge in [0, 0.05) is 5.56 Å². The lowest BCUT2D eigenvalue weighted by Gasteiger charge is -2.32. The number of Topliss-reactive ketones (excluding diaryl/α,β-unsaturated/α-hetero) is 1. The summed E-state index contributed by atoms with van der Waals surface area (Å²) in [6.07, 6.45) is 7.31. The van der Waals surface area contributed by atoms with Crippen molar-refractivity contribution in [2.75, 3.05) is 0 Å². The van der Waals surface area contributed by atoms with Crippen LogP contribution in [-0.4, -0.2) is 15.2 Å². The van der Waals surface area contributed by atoms with Gasteiger partial charge in [-0.3, -0.25) is 4.79 Å². The topological polar surface area (TPSA) is 40.1 Å². The minimum Gasteiger partial charge on any atom is -0.799 e. The van der Waals surface area contributed by atoms with Gasteiger partial charge in [0.15, 0.2) is 5.78 Å². The molecule has 2 atom stereocenters. The zero-order valence-electron chi connectivity index (χ0n) is 10.6. The summed E-state index contributed by atoms with van der Waals surface area (Å²) in [4.78, 5) is 13.9. The fourth-order valence-corrected chi connectivity index (χ4v) is 4.24. The summed E-state index contributed by atoms with van der Waals surface area (Å²) in [5.41, 5.74) is 0.593. The molecule has 3 heteroatoms. The van der Waals surface area contributed by atoms with E-state index in [4.69, 9.17) is 0 Å². The van der Waals surface area contributed by atoms with Crippen molar-refractivity contribution in [3.63, 3.8) is 0 Å². The number of rotatable bonds is 0. The quantitative estimate of drug-likeness (QED) is 0.690. The average molecular weight is 279 g/mol. The third-order valence-electron chi connectivity index (χ3n) is 3.79. The molecule has 2 aromatic rings. The minimum absolute atomic E-state index is 0.0425. The third kappa shape index (κ3) is 1.57. The van der Waals surface area contributed by atoms with E-state index in [0.717, 1.165) is 10.8 Å². The predicted octanol–water partition coefficient (Wildman–Crippen LogP) is 3.71. The molecule has 98 valence electrons. The van der Waals surface area contributed by atoms with Crippen molar-refractivity contribution >= 4 is 32.2 Å². The van der Waals surface area contributed by atoms with Gasteiger partial charge in [0.1, 0.15) is 0 Å². The van der Waals surface area contributed by atoms with Crippen LogP contribution in [-0.2, 0) is 0 Å². The first-order valence-electron chi connectivity index (χ1n) is 6.46. The van der Waals surface area contributed by atoms with Gasteiger partial charge in [0.25, 0.3) is 0 Å². The maximum Gasteiger partial charge on any atom is 0.175 e. The molecule has 2 aromatic carbocycles. The highest BCUT2D eigenvalue weighted by molar-refractivity contribution is 8.11. The number of ketones is 1. The summed E-state index contributed by atoms with van der Waals surface area (Å²) in [7, 11) is -1.25. The number of fused-ring (bicyclic) bond motifs is 3. The van der Waals surface area contributed by atoms with Crippen LogP contribution in [0.1, 0.15) is 10.4 Å². The van der Waals surface area contributed by atoms with Crippen LogP contribution in [0.5, 0.6) is 0 Å². The lowest BCUT2D eigenvalue weighted by Crippen LogP contribution is -2.27. The number of carbonyl (C=O) groups excluding carboxylic acids is 1. The van der Waals surface area contributed by atoms with Crippen molar-refractivity contribution in [3.8, 4) is 0 Å². The van der Waals surface area contributed by atoms with E-state index in [1.54, 1.807) is 6.08 Å². The van der Waals surface area contributed by atoms with E-state index < -0.39 is 10.8 Å².